The van der Waals surface area contributed by atoms with Crippen molar-refractivity contribution in [2.24, 2.45) is 0 Å². The standard InChI is InChI=1S/C21H30F2N2O5/c1-3-4-5-11-25(12-6-13-30-2)21(29)18(9-10-19(26)27)24-20(28)15-7-8-16(22)17(23)14-15/h7-8,14,18H,3-6,9-13H2,1-2H3,(H,24,28)(H,26,27). The van der Waals surface area contributed by atoms with Crippen molar-refractivity contribution >= 4 is 17.8 Å². The van der Waals surface area contributed by atoms with Crippen molar-refractivity contribution < 1.29 is 33.0 Å². The molecule has 1 rings (SSSR count). The Hall–Kier alpha value is -2.55. The third-order valence-electron chi connectivity index (χ3n) is 4.55. The fourth-order valence-electron chi connectivity index (χ4n) is 2.91. The van der Waals surface area contributed by atoms with Gasteiger partial charge in [0.25, 0.3) is 5.91 Å². The number of nitrogens with one attached hydrogen (secondary N) is 1. The van der Waals surface area contributed by atoms with Crippen molar-refractivity contribution in [3.8, 4) is 0 Å². The number of ether oxygens (including phenoxy) is 1. The second kappa shape index (κ2) is 13.6. The van der Waals surface area contributed by atoms with Gasteiger partial charge in [-0.05, 0) is 37.5 Å². The molecular formula is C21H30F2N2O5. The van der Waals surface area contributed by atoms with Crippen molar-refractivity contribution in [3.05, 3.63) is 35.4 Å². The normalized spacial score (nSPS) is 11.7. The van der Waals surface area contributed by atoms with Crippen LogP contribution in [0, 0.1) is 11.6 Å². The molecule has 2 amide bonds. The SMILES string of the molecule is CCCCCN(CCCOC)C(=O)C(CCC(=O)O)NC(=O)c1ccc(F)c(F)c1. The van der Waals surface area contributed by atoms with Gasteiger partial charge in [-0.1, -0.05) is 19.8 Å². The molecule has 0 heterocycles. The minimum atomic E-state index is -1.18. The molecule has 0 aliphatic carbocycles. The maximum Gasteiger partial charge on any atom is 0.303 e. The second-order valence-electron chi connectivity index (χ2n) is 6.97. The lowest BCUT2D eigenvalue weighted by Crippen LogP contribution is -2.49. The summed E-state index contributed by atoms with van der Waals surface area (Å²) in [7, 11) is 1.56. The molecule has 0 saturated carbocycles. The fourth-order valence-corrected chi connectivity index (χ4v) is 2.91. The number of unbranched alkanes of at least 4 members (excludes halogenated alkanes) is 2. The Labute approximate surface area is 175 Å². The first-order chi connectivity index (χ1) is 14.3. The number of carbonyl (C=O) groups is 3. The zero-order valence-corrected chi connectivity index (χ0v) is 17.5. The number of methoxy groups -OCH3 is 1. The first kappa shape index (κ1) is 25.5. The number of carbonyl (C=O) groups excluding carboxylic acids is 2. The van der Waals surface area contributed by atoms with Crippen LogP contribution in [0.3, 0.4) is 0 Å². The Bertz CT molecular complexity index is 705. The van der Waals surface area contributed by atoms with E-state index in [1.165, 1.54) is 0 Å². The maximum atomic E-state index is 13.4. The molecule has 168 valence electrons. The molecule has 30 heavy (non-hydrogen) atoms. The van der Waals surface area contributed by atoms with Crippen molar-refractivity contribution in [3.63, 3.8) is 0 Å². The highest BCUT2D eigenvalue weighted by molar-refractivity contribution is 5.97. The molecule has 1 aromatic carbocycles. The van der Waals surface area contributed by atoms with Gasteiger partial charge in [-0.2, -0.15) is 0 Å². The average Bonchev–Trinajstić information content (AvgIpc) is 2.71. The summed E-state index contributed by atoms with van der Waals surface area (Å²) in [5, 5.41) is 11.5. The molecule has 0 bridgehead atoms. The Morgan fingerprint density at radius 3 is 2.43 bits per heavy atom. The molecule has 1 unspecified atom stereocenters. The number of amides is 2. The quantitative estimate of drug-likeness (QED) is 0.444. The summed E-state index contributed by atoms with van der Waals surface area (Å²) in [6.45, 7) is 3.37. The van der Waals surface area contributed by atoms with Crippen molar-refractivity contribution in [2.45, 2.75) is 51.5 Å². The highest BCUT2D eigenvalue weighted by Crippen LogP contribution is 2.11. The number of carboxylic acids is 1. The summed E-state index contributed by atoms with van der Waals surface area (Å²) in [4.78, 5) is 38.1. The highest BCUT2D eigenvalue weighted by Gasteiger charge is 2.27. The molecule has 0 fully saturated rings. The molecule has 0 aromatic heterocycles. The number of hydrogen-bond donors (Lipinski definition) is 2. The van der Waals surface area contributed by atoms with Gasteiger partial charge in [0.2, 0.25) is 5.91 Å². The Kier molecular flexibility index (Phi) is 11.6. The number of benzene rings is 1. The first-order valence-corrected chi connectivity index (χ1v) is 10.1. The van der Waals surface area contributed by atoms with Crippen LogP contribution in [-0.2, 0) is 14.3 Å². The zero-order valence-electron chi connectivity index (χ0n) is 17.5. The van der Waals surface area contributed by atoms with Gasteiger partial charge in [0.05, 0.1) is 0 Å². The van der Waals surface area contributed by atoms with Crippen LogP contribution in [0.15, 0.2) is 18.2 Å². The molecule has 0 spiro atoms. The minimum absolute atomic E-state index is 0.113. The van der Waals surface area contributed by atoms with Crippen LogP contribution < -0.4 is 5.32 Å². The third-order valence-corrected chi connectivity index (χ3v) is 4.55. The lowest BCUT2D eigenvalue weighted by molar-refractivity contribution is -0.138. The van der Waals surface area contributed by atoms with Gasteiger partial charge in [0.1, 0.15) is 6.04 Å². The second-order valence-corrected chi connectivity index (χ2v) is 6.97. The lowest BCUT2D eigenvalue weighted by Gasteiger charge is -2.28. The van der Waals surface area contributed by atoms with Gasteiger partial charge in [-0.25, -0.2) is 8.78 Å². The fraction of sp³-hybridized carbons (Fsp3) is 0.571. The number of rotatable bonds is 14. The molecule has 1 atom stereocenters. The predicted molar refractivity (Wildman–Crippen MR) is 107 cm³/mol. The van der Waals surface area contributed by atoms with Crippen LogP contribution in [0.1, 0.15) is 55.8 Å². The summed E-state index contributed by atoms with van der Waals surface area (Å²) < 4.78 is 31.6. The van der Waals surface area contributed by atoms with E-state index in [2.05, 4.69) is 5.32 Å². The van der Waals surface area contributed by atoms with Gasteiger partial charge in [0, 0.05) is 38.8 Å². The molecule has 9 heteroatoms. The number of nitrogens with zero attached hydrogens (tertiary/aromatic N) is 1. The van der Waals surface area contributed by atoms with E-state index in [-0.39, 0.29) is 18.4 Å². The Morgan fingerprint density at radius 1 is 1.13 bits per heavy atom. The zero-order chi connectivity index (χ0) is 22.5. The molecule has 0 radical (unpaired) electrons. The van der Waals surface area contributed by atoms with Crippen LogP contribution >= 0.6 is 0 Å². The van der Waals surface area contributed by atoms with Gasteiger partial charge in [0.15, 0.2) is 11.6 Å². The molecule has 7 nitrogen and oxygen atoms in total. The van der Waals surface area contributed by atoms with E-state index in [9.17, 15) is 23.2 Å². The van der Waals surface area contributed by atoms with Gasteiger partial charge >= 0.3 is 5.97 Å². The maximum absolute atomic E-state index is 13.4. The van der Waals surface area contributed by atoms with Crippen LogP contribution in [0.4, 0.5) is 8.78 Å². The number of carboxylic acid groups (broad SMARTS) is 1. The summed E-state index contributed by atoms with van der Waals surface area (Å²) in [6.07, 6.45) is 2.83. The predicted octanol–water partition coefficient (Wildman–Crippen LogP) is 2.98. The monoisotopic (exact) mass is 428 g/mol. The highest BCUT2D eigenvalue weighted by atomic mass is 19.2. The van der Waals surface area contributed by atoms with Gasteiger partial charge in [-0.3, -0.25) is 14.4 Å². The average molecular weight is 428 g/mol. The minimum Gasteiger partial charge on any atom is -0.481 e. The van der Waals surface area contributed by atoms with E-state index in [0.717, 1.165) is 37.5 Å². The number of aliphatic carboxylic acids is 1. The van der Waals surface area contributed by atoms with Crippen LogP contribution in [-0.4, -0.2) is 60.6 Å². The van der Waals surface area contributed by atoms with Crippen molar-refractivity contribution in [1.82, 2.24) is 10.2 Å². The Balaban J connectivity index is 2.96. The summed E-state index contributed by atoms with van der Waals surface area (Å²) in [5.74, 6) is -4.56. The van der Waals surface area contributed by atoms with E-state index in [1.54, 1.807) is 12.0 Å². The molecule has 0 saturated heterocycles. The van der Waals surface area contributed by atoms with Crippen LogP contribution in [0.2, 0.25) is 0 Å². The molecule has 1 aromatic rings. The smallest absolute Gasteiger partial charge is 0.303 e. The molecule has 0 aliphatic rings. The van der Waals surface area contributed by atoms with Crippen molar-refractivity contribution in [2.75, 3.05) is 26.8 Å². The van der Waals surface area contributed by atoms with E-state index in [4.69, 9.17) is 9.84 Å². The van der Waals surface area contributed by atoms with E-state index in [1.807, 2.05) is 6.92 Å². The first-order valence-electron chi connectivity index (χ1n) is 10.1. The number of hydrogen-bond acceptors (Lipinski definition) is 4. The molecular weight excluding hydrogens is 398 g/mol. The van der Waals surface area contributed by atoms with E-state index in [0.29, 0.717) is 26.1 Å². The van der Waals surface area contributed by atoms with E-state index < -0.39 is 35.5 Å². The van der Waals surface area contributed by atoms with Gasteiger partial charge in [-0.15, -0.1) is 0 Å². The van der Waals surface area contributed by atoms with Crippen LogP contribution in [0.5, 0.6) is 0 Å². The summed E-state index contributed by atoms with van der Waals surface area (Å²) in [5.41, 5.74) is -0.154. The largest absolute Gasteiger partial charge is 0.481 e. The van der Waals surface area contributed by atoms with Gasteiger partial charge < -0.3 is 20.1 Å². The van der Waals surface area contributed by atoms with E-state index >= 15 is 0 Å². The summed E-state index contributed by atoms with van der Waals surface area (Å²) >= 11 is 0. The third kappa shape index (κ3) is 8.86. The molecule has 2 N–H and O–H groups in total. The topological polar surface area (TPSA) is 95.9 Å². The van der Waals surface area contributed by atoms with Crippen molar-refractivity contribution in [1.29, 1.82) is 0 Å². The molecule has 0 aliphatic heterocycles. The number of halogens is 2. The van der Waals surface area contributed by atoms with Crippen LogP contribution in [0.25, 0.3) is 0 Å². The lowest BCUT2D eigenvalue weighted by atomic mass is 10.1. The Morgan fingerprint density at radius 2 is 1.83 bits per heavy atom. The summed E-state index contributed by atoms with van der Waals surface area (Å²) in [6, 6.07) is 1.57.